The fourth-order valence-corrected chi connectivity index (χ4v) is 2.02. The van der Waals surface area contributed by atoms with E-state index in [1.807, 2.05) is 25.1 Å². The van der Waals surface area contributed by atoms with Gasteiger partial charge in [-0.2, -0.15) is 0 Å². The number of benzene rings is 1. The van der Waals surface area contributed by atoms with Gasteiger partial charge in [-0.15, -0.1) is 11.8 Å². The van der Waals surface area contributed by atoms with Crippen molar-refractivity contribution in [2.45, 2.75) is 17.1 Å². The van der Waals surface area contributed by atoms with Gasteiger partial charge in [0.1, 0.15) is 0 Å². The molecular weight excluding hydrogens is 212 g/mol. The Kier molecular flexibility index (Phi) is 4.78. The summed E-state index contributed by atoms with van der Waals surface area (Å²) in [6, 6.07) is 5.74. The van der Waals surface area contributed by atoms with Gasteiger partial charge < -0.3 is 14.6 Å². The zero-order chi connectivity index (χ0) is 11.3. The van der Waals surface area contributed by atoms with E-state index >= 15 is 0 Å². The van der Waals surface area contributed by atoms with Gasteiger partial charge in [0.25, 0.3) is 0 Å². The molecule has 1 unspecified atom stereocenters. The predicted octanol–water partition coefficient (Wildman–Crippen LogP) is 2.18. The Morgan fingerprint density at radius 1 is 1.27 bits per heavy atom. The summed E-state index contributed by atoms with van der Waals surface area (Å²) in [5.41, 5.74) is 0. The van der Waals surface area contributed by atoms with Gasteiger partial charge in [-0.1, -0.05) is 6.92 Å². The number of rotatable bonds is 5. The molecular formula is C11H16O3S. The molecule has 0 fully saturated rings. The molecule has 1 atom stereocenters. The third kappa shape index (κ3) is 3.32. The van der Waals surface area contributed by atoms with E-state index in [2.05, 4.69) is 0 Å². The Morgan fingerprint density at radius 2 is 1.93 bits per heavy atom. The van der Waals surface area contributed by atoms with Crippen LogP contribution in [0, 0.1) is 0 Å². The Labute approximate surface area is 94.4 Å². The summed E-state index contributed by atoms with van der Waals surface area (Å²) >= 11 is 1.61. The quantitative estimate of drug-likeness (QED) is 0.784. The maximum absolute atomic E-state index is 8.95. The van der Waals surface area contributed by atoms with Gasteiger partial charge in [-0.05, 0) is 18.2 Å². The normalized spacial score (nSPS) is 12.3. The number of hydrogen-bond donors (Lipinski definition) is 1. The highest BCUT2D eigenvalue weighted by Gasteiger charge is 2.07. The van der Waals surface area contributed by atoms with Crippen molar-refractivity contribution in [3.8, 4) is 11.5 Å². The van der Waals surface area contributed by atoms with E-state index in [0.29, 0.717) is 5.75 Å². The van der Waals surface area contributed by atoms with Gasteiger partial charge in [0.15, 0.2) is 11.5 Å². The SMILES string of the molecule is COc1ccc(SC(C)CO)cc1OC. The third-order valence-corrected chi connectivity index (χ3v) is 3.03. The molecule has 0 saturated heterocycles. The smallest absolute Gasteiger partial charge is 0.161 e. The molecule has 0 aliphatic rings. The molecule has 15 heavy (non-hydrogen) atoms. The molecule has 1 aromatic rings. The van der Waals surface area contributed by atoms with Crippen molar-refractivity contribution in [1.29, 1.82) is 0 Å². The Balaban J connectivity index is 2.83. The van der Waals surface area contributed by atoms with E-state index in [9.17, 15) is 0 Å². The van der Waals surface area contributed by atoms with Crippen LogP contribution in [0.2, 0.25) is 0 Å². The van der Waals surface area contributed by atoms with E-state index in [4.69, 9.17) is 14.6 Å². The lowest BCUT2D eigenvalue weighted by Gasteiger charge is -2.11. The van der Waals surface area contributed by atoms with Crippen LogP contribution in [0.5, 0.6) is 11.5 Å². The average Bonchev–Trinajstić information content (AvgIpc) is 2.28. The first-order valence-electron chi connectivity index (χ1n) is 4.70. The maximum Gasteiger partial charge on any atom is 0.161 e. The Hall–Kier alpha value is -0.870. The number of aliphatic hydroxyl groups excluding tert-OH is 1. The summed E-state index contributed by atoms with van der Waals surface area (Å²) in [5, 5.41) is 9.13. The van der Waals surface area contributed by atoms with Crippen molar-refractivity contribution in [3.05, 3.63) is 18.2 Å². The maximum atomic E-state index is 8.95. The summed E-state index contributed by atoms with van der Waals surface area (Å²) in [7, 11) is 3.22. The highest BCUT2D eigenvalue weighted by Crippen LogP contribution is 2.33. The van der Waals surface area contributed by atoms with Crippen LogP contribution in [0.1, 0.15) is 6.92 Å². The van der Waals surface area contributed by atoms with Crippen molar-refractivity contribution >= 4 is 11.8 Å². The van der Waals surface area contributed by atoms with E-state index in [0.717, 1.165) is 10.6 Å². The van der Waals surface area contributed by atoms with Crippen LogP contribution in [-0.4, -0.2) is 31.2 Å². The fraction of sp³-hybridized carbons (Fsp3) is 0.455. The molecule has 3 nitrogen and oxygen atoms in total. The number of ether oxygens (including phenoxy) is 2. The summed E-state index contributed by atoms with van der Waals surface area (Å²) in [4.78, 5) is 1.06. The number of methoxy groups -OCH3 is 2. The standard InChI is InChI=1S/C11H16O3S/c1-8(7-12)15-9-4-5-10(13-2)11(6-9)14-3/h4-6,8,12H,7H2,1-3H3. The molecule has 0 aromatic heterocycles. The summed E-state index contributed by atoms with van der Waals surface area (Å²) in [6.07, 6.45) is 0. The highest BCUT2D eigenvalue weighted by atomic mass is 32.2. The summed E-state index contributed by atoms with van der Waals surface area (Å²) in [5.74, 6) is 1.44. The topological polar surface area (TPSA) is 38.7 Å². The molecule has 0 aliphatic carbocycles. The first-order valence-corrected chi connectivity index (χ1v) is 5.58. The van der Waals surface area contributed by atoms with Crippen molar-refractivity contribution < 1.29 is 14.6 Å². The fourth-order valence-electron chi connectivity index (χ4n) is 1.16. The molecule has 0 bridgehead atoms. The molecule has 0 spiro atoms. The number of hydrogen-bond acceptors (Lipinski definition) is 4. The van der Waals surface area contributed by atoms with Gasteiger partial charge >= 0.3 is 0 Å². The van der Waals surface area contributed by atoms with Crippen LogP contribution in [0.15, 0.2) is 23.1 Å². The molecule has 0 amide bonds. The van der Waals surface area contributed by atoms with Crippen LogP contribution < -0.4 is 9.47 Å². The second-order valence-electron chi connectivity index (χ2n) is 3.13. The summed E-state index contributed by atoms with van der Waals surface area (Å²) in [6.45, 7) is 2.14. The molecule has 0 aliphatic heterocycles. The van der Waals surface area contributed by atoms with E-state index in [1.54, 1.807) is 26.0 Å². The van der Waals surface area contributed by atoms with Crippen LogP contribution in [0.25, 0.3) is 0 Å². The minimum absolute atomic E-state index is 0.166. The van der Waals surface area contributed by atoms with E-state index in [-0.39, 0.29) is 11.9 Å². The largest absolute Gasteiger partial charge is 0.493 e. The zero-order valence-electron chi connectivity index (χ0n) is 9.19. The van der Waals surface area contributed by atoms with Crippen molar-refractivity contribution in [3.63, 3.8) is 0 Å². The number of thioether (sulfide) groups is 1. The molecule has 0 saturated carbocycles. The van der Waals surface area contributed by atoms with Gasteiger partial charge in [-0.3, -0.25) is 0 Å². The Bertz CT molecular complexity index is 315. The zero-order valence-corrected chi connectivity index (χ0v) is 10.0. The third-order valence-electron chi connectivity index (χ3n) is 1.95. The van der Waals surface area contributed by atoms with Crippen LogP contribution in [0.3, 0.4) is 0 Å². The van der Waals surface area contributed by atoms with Crippen LogP contribution >= 0.6 is 11.8 Å². The lowest BCUT2D eigenvalue weighted by molar-refractivity contribution is 0.300. The summed E-state index contributed by atoms with van der Waals surface area (Å²) < 4.78 is 10.3. The lowest BCUT2D eigenvalue weighted by Crippen LogP contribution is -2.01. The van der Waals surface area contributed by atoms with Crippen molar-refractivity contribution in [1.82, 2.24) is 0 Å². The van der Waals surface area contributed by atoms with E-state index < -0.39 is 0 Å². The molecule has 1 rings (SSSR count). The monoisotopic (exact) mass is 228 g/mol. The van der Waals surface area contributed by atoms with Crippen molar-refractivity contribution in [2.75, 3.05) is 20.8 Å². The first kappa shape index (κ1) is 12.2. The Morgan fingerprint density at radius 3 is 2.47 bits per heavy atom. The van der Waals surface area contributed by atoms with Gasteiger partial charge in [0.2, 0.25) is 0 Å². The first-order chi connectivity index (χ1) is 7.21. The molecule has 0 radical (unpaired) electrons. The van der Waals surface area contributed by atoms with Crippen molar-refractivity contribution in [2.24, 2.45) is 0 Å². The number of aliphatic hydroxyl groups is 1. The molecule has 0 heterocycles. The molecule has 4 heteroatoms. The van der Waals surface area contributed by atoms with Crippen LogP contribution in [0.4, 0.5) is 0 Å². The molecule has 84 valence electrons. The molecule has 1 N–H and O–H groups in total. The van der Waals surface area contributed by atoms with Gasteiger partial charge in [0, 0.05) is 10.1 Å². The second-order valence-corrected chi connectivity index (χ2v) is 4.64. The highest BCUT2D eigenvalue weighted by molar-refractivity contribution is 8.00. The predicted molar refractivity (Wildman–Crippen MR) is 62.0 cm³/mol. The minimum Gasteiger partial charge on any atom is -0.493 e. The van der Waals surface area contributed by atoms with E-state index in [1.165, 1.54) is 0 Å². The van der Waals surface area contributed by atoms with Gasteiger partial charge in [0.05, 0.1) is 20.8 Å². The van der Waals surface area contributed by atoms with Crippen LogP contribution in [-0.2, 0) is 0 Å². The second kappa shape index (κ2) is 5.88. The lowest BCUT2D eigenvalue weighted by atomic mass is 10.3. The van der Waals surface area contributed by atoms with Gasteiger partial charge in [-0.25, -0.2) is 0 Å². The molecule has 1 aromatic carbocycles. The minimum atomic E-state index is 0.166. The average molecular weight is 228 g/mol.